The Morgan fingerprint density at radius 2 is 1.36 bits per heavy atom. The molecule has 0 spiro atoms. The van der Waals surface area contributed by atoms with Crippen molar-refractivity contribution in [2.75, 3.05) is 21.2 Å². The Hall–Kier alpha value is -2.57. The number of hydrogen-bond acceptors (Lipinski definition) is 3. The van der Waals surface area contributed by atoms with Crippen molar-refractivity contribution in [1.29, 1.82) is 0 Å². The van der Waals surface area contributed by atoms with E-state index in [0.717, 1.165) is 28.0 Å². The van der Waals surface area contributed by atoms with Gasteiger partial charge in [-0.3, -0.25) is 0 Å². The summed E-state index contributed by atoms with van der Waals surface area (Å²) in [5.74, 6) is 0.755. The lowest BCUT2D eigenvalue weighted by atomic mass is 9.99. The van der Waals surface area contributed by atoms with Crippen LogP contribution in [0.4, 0.5) is 0 Å². The van der Waals surface area contributed by atoms with E-state index in [2.05, 4.69) is 0 Å². The first-order valence-electron chi connectivity index (χ1n) is 7.78. The van der Waals surface area contributed by atoms with E-state index in [9.17, 15) is 8.42 Å². The van der Waals surface area contributed by atoms with Crippen LogP contribution in [0.5, 0.6) is 5.75 Å². The Labute approximate surface area is 148 Å². The summed E-state index contributed by atoms with van der Waals surface area (Å²) in [6.45, 7) is 0. The van der Waals surface area contributed by atoms with Crippen molar-refractivity contribution in [3.8, 4) is 28.0 Å². The minimum absolute atomic E-state index is 0.755. The molecule has 1 aromatic heterocycles. The number of benzene rings is 2. The molecule has 0 atom stereocenters. The zero-order valence-corrected chi connectivity index (χ0v) is 15.2. The Morgan fingerprint density at radius 3 is 1.84 bits per heavy atom. The van der Waals surface area contributed by atoms with E-state index in [1.807, 2.05) is 54.6 Å². The summed E-state index contributed by atoms with van der Waals surface area (Å²) < 4.78 is 32.7. The molecular formula is C19H20N2O3S. The summed E-state index contributed by atoms with van der Waals surface area (Å²) >= 11 is 0. The molecule has 2 aromatic carbocycles. The zero-order chi connectivity index (χ0) is 18.0. The van der Waals surface area contributed by atoms with Crippen molar-refractivity contribution < 1.29 is 13.2 Å². The summed E-state index contributed by atoms with van der Waals surface area (Å²) in [5.41, 5.74) is 3.59. The van der Waals surface area contributed by atoms with Crippen molar-refractivity contribution in [1.82, 2.24) is 8.28 Å². The van der Waals surface area contributed by atoms with Crippen LogP contribution in [0.1, 0.15) is 0 Å². The molecule has 0 N–H and O–H groups in total. The molecule has 5 nitrogen and oxygen atoms in total. The van der Waals surface area contributed by atoms with Crippen LogP contribution in [0.15, 0.2) is 67.0 Å². The molecule has 130 valence electrons. The summed E-state index contributed by atoms with van der Waals surface area (Å²) in [6, 6.07) is 17.3. The van der Waals surface area contributed by atoms with Gasteiger partial charge in [-0.15, -0.1) is 0 Å². The molecule has 1 heterocycles. The van der Waals surface area contributed by atoms with Crippen LogP contribution in [0.2, 0.25) is 0 Å². The number of aromatic nitrogens is 1. The molecule has 0 radical (unpaired) electrons. The van der Waals surface area contributed by atoms with Gasteiger partial charge < -0.3 is 4.74 Å². The predicted molar refractivity (Wildman–Crippen MR) is 99.9 cm³/mol. The van der Waals surface area contributed by atoms with Gasteiger partial charge in [0, 0.05) is 37.6 Å². The Bertz CT molecular complexity index is 960. The molecule has 0 unspecified atom stereocenters. The maximum absolute atomic E-state index is 12.5. The molecule has 0 aliphatic rings. The van der Waals surface area contributed by atoms with Gasteiger partial charge in [-0.25, -0.2) is 3.97 Å². The van der Waals surface area contributed by atoms with Gasteiger partial charge in [-0.2, -0.15) is 12.7 Å². The monoisotopic (exact) mass is 356 g/mol. The minimum Gasteiger partial charge on any atom is -0.497 e. The standard InChI is InChI=1S/C19H20N2O3S/c1-20(2)25(22,23)21-13-18(15-7-5-4-6-8-15)19(14-21)16-9-11-17(24-3)12-10-16/h4-14H,1-3H3. The number of hydrogen-bond donors (Lipinski definition) is 0. The van der Waals surface area contributed by atoms with E-state index in [4.69, 9.17) is 4.74 Å². The van der Waals surface area contributed by atoms with E-state index in [0.29, 0.717) is 0 Å². The smallest absolute Gasteiger partial charge is 0.306 e. The average Bonchev–Trinajstić information content (AvgIpc) is 3.08. The lowest BCUT2D eigenvalue weighted by Crippen LogP contribution is -2.27. The molecule has 0 fully saturated rings. The zero-order valence-electron chi connectivity index (χ0n) is 14.4. The van der Waals surface area contributed by atoms with Crippen LogP contribution in [-0.2, 0) is 10.2 Å². The SMILES string of the molecule is COc1ccc(-c2cn(S(=O)(=O)N(C)C)cc2-c2ccccc2)cc1. The molecule has 0 aliphatic carbocycles. The predicted octanol–water partition coefficient (Wildman–Crippen LogP) is 3.49. The first-order chi connectivity index (χ1) is 11.9. The van der Waals surface area contributed by atoms with Gasteiger partial charge in [0.15, 0.2) is 0 Å². The molecule has 3 aromatic rings. The number of methoxy groups -OCH3 is 1. The second-order valence-corrected chi connectivity index (χ2v) is 7.85. The number of ether oxygens (including phenoxy) is 1. The molecule has 25 heavy (non-hydrogen) atoms. The summed E-state index contributed by atoms with van der Waals surface area (Å²) in [4.78, 5) is 0. The maximum atomic E-state index is 12.5. The van der Waals surface area contributed by atoms with Gasteiger partial charge in [-0.1, -0.05) is 42.5 Å². The van der Waals surface area contributed by atoms with Crippen LogP contribution in [0.25, 0.3) is 22.3 Å². The van der Waals surface area contributed by atoms with Crippen molar-refractivity contribution >= 4 is 10.2 Å². The first-order valence-corrected chi connectivity index (χ1v) is 9.18. The van der Waals surface area contributed by atoms with Crippen LogP contribution < -0.4 is 4.74 Å². The van der Waals surface area contributed by atoms with E-state index >= 15 is 0 Å². The second-order valence-electron chi connectivity index (χ2n) is 5.80. The number of nitrogens with zero attached hydrogens (tertiary/aromatic N) is 2. The fraction of sp³-hybridized carbons (Fsp3) is 0.158. The van der Waals surface area contributed by atoms with E-state index in [-0.39, 0.29) is 0 Å². The molecule has 3 rings (SSSR count). The third-order valence-electron chi connectivity index (χ3n) is 4.02. The Kier molecular flexibility index (Phi) is 4.65. The fourth-order valence-corrected chi connectivity index (χ4v) is 3.46. The molecule has 0 aliphatic heterocycles. The lowest BCUT2D eigenvalue weighted by molar-refractivity contribution is 0.415. The lowest BCUT2D eigenvalue weighted by Gasteiger charge is -2.11. The highest BCUT2D eigenvalue weighted by atomic mass is 32.2. The topological polar surface area (TPSA) is 51.5 Å². The van der Waals surface area contributed by atoms with Crippen molar-refractivity contribution in [2.45, 2.75) is 0 Å². The Morgan fingerprint density at radius 1 is 0.840 bits per heavy atom. The molecule has 0 bridgehead atoms. The van der Waals surface area contributed by atoms with Crippen LogP contribution in [-0.4, -0.2) is 37.9 Å². The summed E-state index contributed by atoms with van der Waals surface area (Å²) in [5, 5.41) is 0. The molecule has 0 saturated heterocycles. The molecule has 0 saturated carbocycles. The van der Waals surface area contributed by atoms with Crippen LogP contribution in [0.3, 0.4) is 0 Å². The van der Waals surface area contributed by atoms with Gasteiger partial charge in [0.2, 0.25) is 0 Å². The largest absolute Gasteiger partial charge is 0.497 e. The van der Waals surface area contributed by atoms with Crippen molar-refractivity contribution in [3.05, 3.63) is 67.0 Å². The first kappa shape index (κ1) is 17.3. The fourth-order valence-electron chi connectivity index (χ4n) is 2.60. The minimum atomic E-state index is -3.58. The maximum Gasteiger partial charge on any atom is 0.306 e. The van der Waals surface area contributed by atoms with E-state index < -0.39 is 10.2 Å². The van der Waals surface area contributed by atoms with Crippen molar-refractivity contribution in [2.24, 2.45) is 0 Å². The summed E-state index contributed by atoms with van der Waals surface area (Å²) in [6.07, 6.45) is 3.31. The third kappa shape index (κ3) is 3.31. The van der Waals surface area contributed by atoms with Gasteiger partial charge >= 0.3 is 10.2 Å². The highest BCUT2D eigenvalue weighted by Crippen LogP contribution is 2.34. The Balaban J connectivity index is 2.20. The van der Waals surface area contributed by atoms with E-state index in [1.165, 1.54) is 22.4 Å². The highest BCUT2D eigenvalue weighted by molar-refractivity contribution is 7.87. The molecule has 0 amide bonds. The van der Waals surface area contributed by atoms with Crippen molar-refractivity contribution in [3.63, 3.8) is 0 Å². The van der Waals surface area contributed by atoms with Gasteiger partial charge in [0.25, 0.3) is 0 Å². The third-order valence-corrected chi connectivity index (χ3v) is 5.68. The number of rotatable bonds is 5. The summed E-state index contributed by atoms with van der Waals surface area (Å²) in [7, 11) is 1.07. The normalized spacial score (nSPS) is 11.7. The molecule has 6 heteroatoms. The second kappa shape index (κ2) is 6.74. The quantitative estimate of drug-likeness (QED) is 0.703. The average molecular weight is 356 g/mol. The molecular weight excluding hydrogens is 336 g/mol. The van der Waals surface area contributed by atoms with Gasteiger partial charge in [0.05, 0.1) is 7.11 Å². The van der Waals surface area contributed by atoms with Gasteiger partial charge in [-0.05, 0) is 23.3 Å². The van der Waals surface area contributed by atoms with Gasteiger partial charge in [0.1, 0.15) is 5.75 Å². The van der Waals surface area contributed by atoms with Crippen LogP contribution in [0, 0.1) is 0 Å². The highest BCUT2D eigenvalue weighted by Gasteiger charge is 2.20. The van der Waals surface area contributed by atoms with Crippen LogP contribution >= 0.6 is 0 Å². The van der Waals surface area contributed by atoms with E-state index in [1.54, 1.807) is 19.5 Å².